The lowest BCUT2D eigenvalue weighted by Crippen LogP contribution is -2.34. The van der Waals surface area contributed by atoms with Gasteiger partial charge in [0, 0.05) is 35.8 Å². The predicted molar refractivity (Wildman–Crippen MR) is 109 cm³/mol. The molecule has 1 aromatic carbocycles. The zero-order chi connectivity index (χ0) is 22.8. The molecule has 168 valence electrons. The van der Waals surface area contributed by atoms with E-state index in [1.807, 2.05) is 13.8 Å². The second-order valence-electron chi connectivity index (χ2n) is 7.87. The fourth-order valence-electron chi connectivity index (χ4n) is 3.67. The molecule has 0 radical (unpaired) electrons. The highest BCUT2D eigenvalue weighted by atomic mass is 32.2. The minimum absolute atomic E-state index is 0.0292. The number of hydrogen-bond acceptors (Lipinski definition) is 3. The van der Waals surface area contributed by atoms with Crippen molar-refractivity contribution in [1.82, 2.24) is 9.88 Å². The largest absolute Gasteiger partial charge is 0.431 e. The monoisotopic (exact) mass is 460 g/mol. The number of hydrogen-bond donors (Lipinski definition) is 0. The third-order valence-corrected chi connectivity index (χ3v) is 6.19. The number of benzene rings is 1. The Morgan fingerprint density at radius 2 is 1.68 bits per heavy atom. The maximum atomic E-state index is 13.7. The third-order valence-electron chi connectivity index (χ3n) is 5.04. The van der Waals surface area contributed by atoms with E-state index in [4.69, 9.17) is 0 Å². The molecule has 1 aromatic heterocycles. The lowest BCUT2D eigenvalue weighted by molar-refractivity contribution is -0.137. The van der Waals surface area contributed by atoms with Crippen molar-refractivity contribution in [1.29, 1.82) is 0 Å². The van der Waals surface area contributed by atoms with Gasteiger partial charge in [-0.1, -0.05) is 32.0 Å². The zero-order valence-corrected chi connectivity index (χ0v) is 17.7. The third kappa shape index (κ3) is 5.75. The van der Waals surface area contributed by atoms with Gasteiger partial charge in [0.15, 0.2) is 0 Å². The summed E-state index contributed by atoms with van der Waals surface area (Å²) in [5, 5.41) is 0.506. The number of allylic oxidation sites excluding steroid dienone is 1. The van der Waals surface area contributed by atoms with Gasteiger partial charge in [-0.25, -0.2) is 0 Å². The van der Waals surface area contributed by atoms with Crippen LogP contribution in [0, 0.1) is 5.92 Å². The topological polar surface area (TPSA) is 16.1 Å². The molecule has 2 atom stereocenters. The van der Waals surface area contributed by atoms with Crippen LogP contribution in [0.4, 0.5) is 26.3 Å². The summed E-state index contributed by atoms with van der Waals surface area (Å²) >= 11 is 1.06. The van der Waals surface area contributed by atoms with Crippen LogP contribution in [0.15, 0.2) is 59.9 Å². The second-order valence-corrected chi connectivity index (χ2v) is 8.83. The van der Waals surface area contributed by atoms with Crippen LogP contribution in [0.3, 0.4) is 0 Å². The van der Waals surface area contributed by atoms with Crippen LogP contribution < -0.4 is 0 Å². The zero-order valence-electron chi connectivity index (χ0n) is 16.9. The van der Waals surface area contributed by atoms with Gasteiger partial charge in [-0.3, -0.25) is 4.98 Å². The molecule has 1 aliphatic rings. The van der Waals surface area contributed by atoms with Gasteiger partial charge in [-0.15, -0.1) is 11.8 Å². The van der Waals surface area contributed by atoms with Gasteiger partial charge in [0.2, 0.25) is 0 Å². The average Bonchev–Trinajstić information content (AvgIpc) is 3.11. The lowest BCUT2D eigenvalue weighted by atomic mass is 9.89. The van der Waals surface area contributed by atoms with Crippen molar-refractivity contribution in [3.63, 3.8) is 0 Å². The first-order valence-corrected chi connectivity index (χ1v) is 10.7. The number of halogens is 6. The van der Waals surface area contributed by atoms with Crippen LogP contribution in [0.1, 0.15) is 48.3 Å². The highest BCUT2D eigenvalue weighted by molar-refractivity contribution is 8.02. The van der Waals surface area contributed by atoms with Crippen molar-refractivity contribution in [2.24, 2.45) is 5.92 Å². The standard InChI is InChI=1S/C22H22F6N2S/c1-14(2)10-17(15-5-7-18(8-6-15)21(23,24)25)12-30-19(22(26,27)28)13-31-20(30)16-4-3-9-29-11-16/h3-9,11,13-14,17,20H,10,12H2,1-2H3. The van der Waals surface area contributed by atoms with E-state index >= 15 is 0 Å². The van der Waals surface area contributed by atoms with E-state index in [-0.39, 0.29) is 18.4 Å². The Balaban J connectivity index is 1.93. The summed E-state index contributed by atoms with van der Waals surface area (Å²) in [6.45, 7) is 3.91. The molecule has 0 spiro atoms. The first kappa shape index (κ1) is 23.5. The summed E-state index contributed by atoms with van der Waals surface area (Å²) in [6, 6.07) is 8.10. The molecule has 0 N–H and O–H groups in total. The molecule has 0 saturated carbocycles. The Kier molecular flexibility index (Phi) is 6.93. The Hall–Kier alpha value is -2.16. The number of nitrogens with zero attached hydrogens (tertiary/aromatic N) is 2. The van der Waals surface area contributed by atoms with Crippen LogP contribution in [-0.2, 0) is 6.18 Å². The summed E-state index contributed by atoms with van der Waals surface area (Å²) < 4.78 is 80.0. The van der Waals surface area contributed by atoms with Gasteiger partial charge in [-0.05, 0) is 36.1 Å². The van der Waals surface area contributed by atoms with Crippen LogP contribution in [0.2, 0.25) is 0 Å². The molecule has 3 rings (SSSR count). The first-order chi connectivity index (χ1) is 14.5. The molecule has 1 aliphatic heterocycles. The van der Waals surface area contributed by atoms with Gasteiger partial charge < -0.3 is 4.90 Å². The molecular weight excluding hydrogens is 438 g/mol. The molecule has 2 unspecified atom stereocenters. The molecule has 0 fully saturated rings. The first-order valence-electron chi connectivity index (χ1n) is 9.73. The van der Waals surface area contributed by atoms with Gasteiger partial charge in [0.1, 0.15) is 11.1 Å². The number of alkyl halides is 6. The van der Waals surface area contributed by atoms with E-state index in [0.717, 1.165) is 29.3 Å². The summed E-state index contributed by atoms with van der Waals surface area (Å²) in [4.78, 5) is 5.32. The molecule has 2 heterocycles. The molecule has 9 heteroatoms. The van der Waals surface area contributed by atoms with E-state index < -0.39 is 29.0 Å². The fraction of sp³-hybridized carbons (Fsp3) is 0.409. The van der Waals surface area contributed by atoms with Crippen molar-refractivity contribution in [3.05, 3.63) is 76.6 Å². The maximum Gasteiger partial charge on any atom is 0.431 e. The van der Waals surface area contributed by atoms with Crippen molar-refractivity contribution in [3.8, 4) is 0 Å². The molecule has 0 aliphatic carbocycles. The fourth-order valence-corrected chi connectivity index (χ4v) is 4.84. The minimum Gasteiger partial charge on any atom is -0.350 e. The van der Waals surface area contributed by atoms with E-state index in [1.54, 1.807) is 18.3 Å². The predicted octanol–water partition coefficient (Wildman–Crippen LogP) is 7.38. The maximum absolute atomic E-state index is 13.7. The lowest BCUT2D eigenvalue weighted by Gasteiger charge is -2.34. The highest BCUT2D eigenvalue weighted by Gasteiger charge is 2.44. The normalized spacial score (nSPS) is 18.4. The molecule has 0 amide bonds. The molecule has 31 heavy (non-hydrogen) atoms. The van der Waals surface area contributed by atoms with Gasteiger partial charge in [-0.2, -0.15) is 26.3 Å². The molecule has 0 saturated heterocycles. The molecule has 0 bridgehead atoms. The Morgan fingerprint density at radius 3 is 2.19 bits per heavy atom. The summed E-state index contributed by atoms with van der Waals surface area (Å²) in [6.07, 6.45) is -5.37. The van der Waals surface area contributed by atoms with Gasteiger partial charge in [0.05, 0.1) is 5.56 Å². The quantitative estimate of drug-likeness (QED) is 0.419. The number of pyridine rings is 1. The van der Waals surface area contributed by atoms with Crippen LogP contribution in [0.5, 0.6) is 0 Å². The Bertz CT molecular complexity index is 891. The molecule has 2 aromatic rings. The van der Waals surface area contributed by atoms with Crippen LogP contribution in [-0.4, -0.2) is 22.6 Å². The summed E-state index contributed by atoms with van der Waals surface area (Å²) in [5.74, 6) is -0.219. The van der Waals surface area contributed by atoms with Crippen molar-refractivity contribution in [2.75, 3.05) is 6.54 Å². The van der Waals surface area contributed by atoms with Gasteiger partial charge >= 0.3 is 12.4 Å². The molecule has 2 nitrogen and oxygen atoms in total. The van der Waals surface area contributed by atoms with E-state index in [1.165, 1.54) is 23.2 Å². The summed E-state index contributed by atoms with van der Waals surface area (Å²) in [5.41, 5.74) is -0.295. The van der Waals surface area contributed by atoms with Crippen molar-refractivity contribution in [2.45, 2.75) is 43.9 Å². The van der Waals surface area contributed by atoms with Crippen molar-refractivity contribution < 1.29 is 26.3 Å². The van der Waals surface area contributed by atoms with Crippen molar-refractivity contribution >= 4 is 11.8 Å². The van der Waals surface area contributed by atoms with E-state index in [0.29, 0.717) is 17.5 Å². The Labute approximate surface area is 181 Å². The second kappa shape index (κ2) is 9.14. The van der Waals surface area contributed by atoms with E-state index in [2.05, 4.69) is 4.98 Å². The van der Waals surface area contributed by atoms with Gasteiger partial charge in [0.25, 0.3) is 0 Å². The summed E-state index contributed by atoms with van der Waals surface area (Å²) in [7, 11) is 0. The number of rotatable bonds is 6. The SMILES string of the molecule is CC(C)CC(CN1C(C(F)(F)F)=CSC1c1cccnc1)c1ccc(C(F)(F)F)cc1. The Morgan fingerprint density at radius 1 is 1.00 bits per heavy atom. The highest BCUT2D eigenvalue weighted by Crippen LogP contribution is 2.49. The van der Waals surface area contributed by atoms with Crippen LogP contribution in [0.25, 0.3) is 0 Å². The number of thioether (sulfide) groups is 1. The smallest absolute Gasteiger partial charge is 0.350 e. The van der Waals surface area contributed by atoms with Crippen LogP contribution >= 0.6 is 11.8 Å². The average molecular weight is 460 g/mol. The minimum atomic E-state index is -4.54. The van der Waals surface area contributed by atoms with E-state index in [9.17, 15) is 26.3 Å². The number of aromatic nitrogens is 1. The molecular formula is C22H22F6N2S.